The Morgan fingerprint density at radius 3 is 2.50 bits per heavy atom. The van der Waals surface area contributed by atoms with Gasteiger partial charge in [-0.25, -0.2) is 9.37 Å². The van der Waals surface area contributed by atoms with Gasteiger partial charge in [0.2, 0.25) is 0 Å². The molecule has 0 unspecified atom stereocenters. The molecule has 0 atom stereocenters. The molecular weight excluding hydrogens is 299 g/mol. The second kappa shape index (κ2) is 5.93. The molecule has 118 valence electrons. The van der Waals surface area contributed by atoms with Gasteiger partial charge in [-0.3, -0.25) is 0 Å². The highest BCUT2D eigenvalue weighted by Gasteiger charge is 2.13. The molecule has 0 aliphatic carbocycles. The number of aryl methyl sites for hydroxylation is 1. The highest BCUT2D eigenvalue weighted by atomic mass is 19.1. The minimum absolute atomic E-state index is 0.215. The van der Waals surface area contributed by atoms with E-state index in [9.17, 15) is 4.39 Å². The molecule has 1 heterocycles. The molecule has 0 bridgehead atoms. The standard InChI is InChI=1S/C21H17FN2/c1-15-5-4-6-17(13-15)21-23-19-7-2-3-8-20(19)24(21)14-16-9-11-18(22)12-10-16/h2-13H,14H2,1H3. The number of fused-ring (bicyclic) bond motifs is 1. The van der Waals surface area contributed by atoms with Crippen LogP contribution < -0.4 is 0 Å². The molecular formula is C21H17FN2. The summed E-state index contributed by atoms with van der Waals surface area (Å²) in [6.07, 6.45) is 0. The van der Waals surface area contributed by atoms with E-state index in [4.69, 9.17) is 4.98 Å². The summed E-state index contributed by atoms with van der Waals surface area (Å²) < 4.78 is 15.4. The maximum atomic E-state index is 13.2. The van der Waals surface area contributed by atoms with E-state index in [1.807, 2.05) is 36.4 Å². The van der Waals surface area contributed by atoms with Gasteiger partial charge in [0, 0.05) is 12.1 Å². The number of para-hydroxylation sites is 2. The van der Waals surface area contributed by atoms with E-state index in [2.05, 4.69) is 35.8 Å². The second-order valence-electron chi connectivity index (χ2n) is 6.01. The number of benzene rings is 3. The van der Waals surface area contributed by atoms with Crippen LogP contribution in [0.5, 0.6) is 0 Å². The van der Waals surface area contributed by atoms with Crippen LogP contribution in [-0.2, 0) is 6.54 Å². The quantitative estimate of drug-likeness (QED) is 0.508. The molecule has 0 N–H and O–H groups in total. The van der Waals surface area contributed by atoms with Crippen molar-refractivity contribution in [2.45, 2.75) is 13.5 Å². The molecule has 4 aromatic rings. The van der Waals surface area contributed by atoms with Gasteiger partial charge in [0.1, 0.15) is 11.6 Å². The van der Waals surface area contributed by atoms with Crippen LogP contribution in [0.2, 0.25) is 0 Å². The summed E-state index contributed by atoms with van der Waals surface area (Å²) in [5.41, 5.74) is 5.39. The first-order valence-corrected chi connectivity index (χ1v) is 7.97. The molecule has 0 aliphatic rings. The summed E-state index contributed by atoms with van der Waals surface area (Å²) in [4.78, 5) is 4.83. The average Bonchev–Trinajstić information content (AvgIpc) is 2.96. The molecule has 24 heavy (non-hydrogen) atoms. The van der Waals surface area contributed by atoms with Gasteiger partial charge in [0.05, 0.1) is 11.0 Å². The molecule has 0 saturated heterocycles. The largest absolute Gasteiger partial charge is 0.319 e. The summed E-state index contributed by atoms with van der Waals surface area (Å²) >= 11 is 0. The molecule has 2 nitrogen and oxygen atoms in total. The minimum atomic E-state index is -0.215. The van der Waals surface area contributed by atoms with E-state index in [0.717, 1.165) is 28.0 Å². The number of nitrogens with zero attached hydrogens (tertiary/aromatic N) is 2. The fourth-order valence-corrected chi connectivity index (χ4v) is 3.01. The molecule has 0 spiro atoms. The topological polar surface area (TPSA) is 17.8 Å². The zero-order chi connectivity index (χ0) is 16.5. The molecule has 4 rings (SSSR count). The Morgan fingerprint density at radius 1 is 0.917 bits per heavy atom. The van der Waals surface area contributed by atoms with Crippen LogP contribution in [0.1, 0.15) is 11.1 Å². The molecule has 0 amide bonds. The number of rotatable bonds is 3. The van der Waals surface area contributed by atoms with Crippen molar-refractivity contribution in [3.05, 3.63) is 89.7 Å². The average molecular weight is 316 g/mol. The van der Waals surface area contributed by atoms with Crippen LogP contribution in [0.3, 0.4) is 0 Å². The Labute approximate surface area is 140 Å². The molecule has 0 saturated carbocycles. The van der Waals surface area contributed by atoms with Crippen molar-refractivity contribution >= 4 is 11.0 Å². The first-order chi connectivity index (χ1) is 11.7. The van der Waals surface area contributed by atoms with E-state index in [1.165, 1.54) is 17.7 Å². The summed E-state index contributed by atoms with van der Waals surface area (Å²) in [5, 5.41) is 0. The van der Waals surface area contributed by atoms with Crippen molar-refractivity contribution < 1.29 is 4.39 Å². The van der Waals surface area contributed by atoms with Gasteiger partial charge in [-0.1, -0.05) is 48.0 Å². The summed E-state index contributed by atoms with van der Waals surface area (Å²) in [7, 11) is 0. The lowest BCUT2D eigenvalue weighted by Gasteiger charge is -2.10. The third kappa shape index (κ3) is 2.69. The Morgan fingerprint density at radius 2 is 1.71 bits per heavy atom. The van der Waals surface area contributed by atoms with Crippen molar-refractivity contribution in [2.75, 3.05) is 0 Å². The number of hydrogen-bond acceptors (Lipinski definition) is 1. The first kappa shape index (κ1) is 14.6. The van der Waals surface area contributed by atoms with Gasteiger partial charge in [-0.05, 0) is 42.8 Å². The fourth-order valence-electron chi connectivity index (χ4n) is 3.01. The fraction of sp³-hybridized carbons (Fsp3) is 0.0952. The summed E-state index contributed by atoms with van der Waals surface area (Å²) in [6.45, 7) is 2.74. The predicted molar refractivity (Wildman–Crippen MR) is 95.4 cm³/mol. The van der Waals surface area contributed by atoms with Gasteiger partial charge in [-0.2, -0.15) is 0 Å². The lowest BCUT2D eigenvalue weighted by Crippen LogP contribution is -2.02. The maximum Gasteiger partial charge on any atom is 0.141 e. The third-order valence-corrected chi connectivity index (χ3v) is 4.18. The van der Waals surface area contributed by atoms with Crippen molar-refractivity contribution in [3.8, 4) is 11.4 Å². The Bertz CT molecular complexity index is 1000. The van der Waals surface area contributed by atoms with Crippen LogP contribution in [0.15, 0.2) is 72.8 Å². The first-order valence-electron chi connectivity index (χ1n) is 7.97. The van der Waals surface area contributed by atoms with Crippen LogP contribution in [0.25, 0.3) is 22.4 Å². The molecule has 1 aromatic heterocycles. The molecule has 3 aromatic carbocycles. The van der Waals surface area contributed by atoms with Crippen LogP contribution in [-0.4, -0.2) is 9.55 Å². The van der Waals surface area contributed by atoms with Crippen LogP contribution in [0.4, 0.5) is 4.39 Å². The molecule has 0 fully saturated rings. The van der Waals surface area contributed by atoms with Gasteiger partial charge in [0.15, 0.2) is 0 Å². The number of hydrogen-bond donors (Lipinski definition) is 0. The smallest absolute Gasteiger partial charge is 0.141 e. The maximum absolute atomic E-state index is 13.2. The number of aromatic nitrogens is 2. The predicted octanol–water partition coefficient (Wildman–Crippen LogP) is 5.20. The monoisotopic (exact) mass is 316 g/mol. The van der Waals surface area contributed by atoms with Crippen molar-refractivity contribution in [3.63, 3.8) is 0 Å². The van der Waals surface area contributed by atoms with Gasteiger partial charge >= 0.3 is 0 Å². The van der Waals surface area contributed by atoms with E-state index in [-0.39, 0.29) is 5.82 Å². The van der Waals surface area contributed by atoms with Gasteiger partial charge in [0.25, 0.3) is 0 Å². The highest BCUT2D eigenvalue weighted by molar-refractivity contribution is 5.80. The Balaban J connectivity index is 1.88. The van der Waals surface area contributed by atoms with Crippen LogP contribution in [0, 0.1) is 12.7 Å². The SMILES string of the molecule is Cc1cccc(-c2nc3ccccc3n2Cc2ccc(F)cc2)c1. The third-order valence-electron chi connectivity index (χ3n) is 4.18. The second-order valence-corrected chi connectivity index (χ2v) is 6.01. The highest BCUT2D eigenvalue weighted by Crippen LogP contribution is 2.26. The van der Waals surface area contributed by atoms with E-state index in [0.29, 0.717) is 6.54 Å². The molecule has 0 radical (unpaired) electrons. The van der Waals surface area contributed by atoms with Crippen molar-refractivity contribution in [1.82, 2.24) is 9.55 Å². The minimum Gasteiger partial charge on any atom is -0.319 e. The van der Waals surface area contributed by atoms with E-state index >= 15 is 0 Å². The van der Waals surface area contributed by atoms with Gasteiger partial charge in [-0.15, -0.1) is 0 Å². The summed E-state index contributed by atoms with van der Waals surface area (Å²) in [5.74, 6) is 0.720. The lowest BCUT2D eigenvalue weighted by molar-refractivity contribution is 0.626. The lowest BCUT2D eigenvalue weighted by atomic mass is 10.1. The number of halogens is 1. The zero-order valence-corrected chi connectivity index (χ0v) is 13.4. The summed E-state index contributed by atoms with van der Waals surface area (Å²) in [6, 6.07) is 23.1. The van der Waals surface area contributed by atoms with Crippen molar-refractivity contribution in [2.24, 2.45) is 0 Å². The van der Waals surface area contributed by atoms with Crippen LogP contribution >= 0.6 is 0 Å². The van der Waals surface area contributed by atoms with E-state index in [1.54, 1.807) is 0 Å². The normalized spacial score (nSPS) is 11.1. The van der Waals surface area contributed by atoms with E-state index < -0.39 is 0 Å². The Hall–Kier alpha value is -2.94. The molecule has 0 aliphatic heterocycles. The Kier molecular flexibility index (Phi) is 3.62. The zero-order valence-electron chi connectivity index (χ0n) is 13.4. The molecule has 3 heteroatoms. The number of imidazole rings is 1. The van der Waals surface area contributed by atoms with Gasteiger partial charge < -0.3 is 4.57 Å². The van der Waals surface area contributed by atoms with Crippen molar-refractivity contribution in [1.29, 1.82) is 0 Å².